The molecule has 2 N–H and O–H groups in total. The van der Waals surface area contributed by atoms with Gasteiger partial charge in [0.1, 0.15) is 16.4 Å². The molecular weight excluding hydrogens is 284 g/mol. The van der Waals surface area contributed by atoms with Crippen molar-refractivity contribution < 1.29 is 4.74 Å². The maximum Gasteiger partial charge on any atom is 0.226 e. The first-order valence-electron chi connectivity index (χ1n) is 6.70. The summed E-state index contributed by atoms with van der Waals surface area (Å²) in [6.45, 7) is 2.82. The van der Waals surface area contributed by atoms with E-state index in [4.69, 9.17) is 4.74 Å². The summed E-state index contributed by atoms with van der Waals surface area (Å²) in [4.78, 5) is 10.0. The number of aromatic nitrogens is 2. The maximum atomic E-state index is 5.17. The SMILES string of the molecule is CCNc1nc(Nc2ccc(OC)cc2)c2ccsc2n1. The maximum absolute atomic E-state index is 5.17. The van der Waals surface area contributed by atoms with E-state index in [9.17, 15) is 0 Å². The van der Waals surface area contributed by atoms with Gasteiger partial charge in [-0.1, -0.05) is 0 Å². The van der Waals surface area contributed by atoms with E-state index in [1.165, 1.54) is 0 Å². The fraction of sp³-hybridized carbons (Fsp3) is 0.200. The molecule has 0 saturated heterocycles. The van der Waals surface area contributed by atoms with Crippen LogP contribution in [-0.2, 0) is 0 Å². The smallest absolute Gasteiger partial charge is 0.226 e. The number of rotatable bonds is 5. The molecule has 0 unspecified atom stereocenters. The monoisotopic (exact) mass is 300 g/mol. The third kappa shape index (κ3) is 2.90. The van der Waals surface area contributed by atoms with E-state index in [1.807, 2.05) is 42.6 Å². The van der Waals surface area contributed by atoms with Crippen LogP contribution >= 0.6 is 11.3 Å². The van der Waals surface area contributed by atoms with Crippen LogP contribution in [-0.4, -0.2) is 23.6 Å². The molecule has 0 fully saturated rings. The molecule has 0 atom stereocenters. The number of nitrogens with one attached hydrogen (secondary N) is 2. The van der Waals surface area contributed by atoms with Gasteiger partial charge in [0, 0.05) is 12.2 Å². The van der Waals surface area contributed by atoms with E-state index in [2.05, 4.69) is 20.6 Å². The molecule has 0 saturated carbocycles. The Morgan fingerprint density at radius 3 is 2.67 bits per heavy atom. The number of thiophene rings is 1. The van der Waals surface area contributed by atoms with Crippen LogP contribution in [0.25, 0.3) is 10.2 Å². The summed E-state index contributed by atoms with van der Waals surface area (Å²) in [5.74, 6) is 2.28. The van der Waals surface area contributed by atoms with Gasteiger partial charge in [0.15, 0.2) is 0 Å². The van der Waals surface area contributed by atoms with Gasteiger partial charge in [-0.05, 0) is 42.6 Å². The van der Waals surface area contributed by atoms with Crippen molar-refractivity contribution in [1.29, 1.82) is 0 Å². The molecule has 1 aromatic carbocycles. The van der Waals surface area contributed by atoms with Crippen molar-refractivity contribution in [3.63, 3.8) is 0 Å². The van der Waals surface area contributed by atoms with Gasteiger partial charge in [0.25, 0.3) is 0 Å². The second-order valence-electron chi connectivity index (χ2n) is 4.42. The summed E-state index contributed by atoms with van der Waals surface area (Å²) in [5.41, 5.74) is 0.962. The normalized spacial score (nSPS) is 10.6. The van der Waals surface area contributed by atoms with E-state index < -0.39 is 0 Å². The number of ether oxygens (including phenoxy) is 1. The number of anilines is 3. The van der Waals surface area contributed by atoms with Gasteiger partial charge in [-0.25, -0.2) is 4.98 Å². The average molecular weight is 300 g/mol. The highest BCUT2D eigenvalue weighted by molar-refractivity contribution is 7.16. The molecule has 0 aliphatic rings. The Labute approximate surface area is 127 Å². The minimum absolute atomic E-state index is 0.642. The van der Waals surface area contributed by atoms with Gasteiger partial charge in [-0.3, -0.25) is 0 Å². The first-order chi connectivity index (χ1) is 10.3. The number of methoxy groups -OCH3 is 1. The van der Waals surface area contributed by atoms with Gasteiger partial charge in [0.05, 0.1) is 12.5 Å². The lowest BCUT2D eigenvalue weighted by molar-refractivity contribution is 0.415. The van der Waals surface area contributed by atoms with Crippen LogP contribution in [0.1, 0.15) is 6.92 Å². The van der Waals surface area contributed by atoms with Gasteiger partial charge in [-0.15, -0.1) is 11.3 Å². The second kappa shape index (κ2) is 5.97. The predicted octanol–water partition coefficient (Wildman–Crippen LogP) is 3.88. The zero-order chi connectivity index (χ0) is 14.7. The Morgan fingerprint density at radius 2 is 1.95 bits per heavy atom. The number of nitrogens with zero attached hydrogens (tertiary/aromatic N) is 2. The zero-order valence-corrected chi connectivity index (χ0v) is 12.7. The van der Waals surface area contributed by atoms with Crippen molar-refractivity contribution in [3.8, 4) is 5.75 Å². The van der Waals surface area contributed by atoms with Crippen molar-refractivity contribution in [2.75, 3.05) is 24.3 Å². The third-order valence-corrected chi connectivity index (χ3v) is 3.82. The van der Waals surface area contributed by atoms with Gasteiger partial charge in [0.2, 0.25) is 5.95 Å². The first-order valence-corrected chi connectivity index (χ1v) is 7.58. The summed E-state index contributed by atoms with van der Waals surface area (Å²) in [6, 6.07) is 9.79. The summed E-state index contributed by atoms with van der Waals surface area (Å²) < 4.78 is 5.17. The molecule has 0 aliphatic heterocycles. The molecule has 6 heteroatoms. The number of benzene rings is 1. The number of fused-ring (bicyclic) bond motifs is 1. The molecule has 0 spiro atoms. The molecule has 0 aliphatic carbocycles. The van der Waals surface area contributed by atoms with Crippen molar-refractivity contribution in [2.24, 2.45) is 0 Å². The highest BCUT2D eigenvalue weighted by Crippen LogP contribution is 2.29. The lowest BCUT2D eigenvalue weighted by Gasteiger charge is -2.10. The summed E-state index contributed by atoms with van der Waals surface area (Å²) >= 11 is 1.61. The van der Waals surface area contributed by atoms with Crippen molar-refractivity contribution in [3.05, 3.63) is 35.7 Å². The molecular formula is C15H16N4OS. The Kier molecular flexibility index (Phi) is 3.87. The van der Waals surface area contributed by atoms with Crippen LogP contribution in [0.2, 0.25) is 0 Å². The largest absolute Gasteiger partial charge is 0.497 e. The van der Waals surface area contributed by atoms with Gasteiger partial charge < -0.3 is 15.4 Å². The Balaban J connectivity index is 1.95. The molecule has 0 amide bonds. The zero-order valence-electron chi connectivity index (χ0n) is 11.9. The van der Waals surface area contributed by atoms with Crippen LogP contribution in [0.15, 0.2) is 35.7 Å². The fourth-order valence-electron chi connectivity index (χ4n) is 2.00. The minimum atomic E-state index is 0.642. The summed E-state index contributed by atoms with van der Waals surface area (Å²) in [7, 11) is 1.66. The molecule has 3 aromatic rings. The van der Waals surface area contributed by atoms with Crippen molar-refractivity contribution in [2.45, 2.75) is 6.92 Å². The molecule has 108 valence electrons. The molecule has 0 bridgehead atoms. The standard InChI is InChI=1S/C15H16N4OS/c1-3-16-15-18-13(12-8-9-21-14(12)19-15)17-10-4-6-11(20-2)7-5-10/h4-9H,3H2,1-2H3,(H2,16,17,18,19). The molecule has 5 nitrogen and oxygen atoms in total. The van der Waals surface area contributed by atoms with Gasteiger partial charge in [-0.2, -0.15) is 4.98 Å². The van der Waals surface area contributed by atoms with E-state index >= 15 is 0 Å². The van der Waals surface area contributed by atoms with Crippen molar-refractivity contribution in [1.82, 2.24) is 9.97 Å². The van der Waals surface area contributed by atoms with E-state index in [1.54, 1.807) is 18.4 Å². The second-order valence-corrected chi connectivity index (χ2v) is 5.31. The van der Waals surface area contributed by atoms with Crippen LogP contribution in [0.5, 0.6) is 5.75 Å². The number of hydrogen-bond donors (Lipinski definition) is 2. The highest BCUT2D eigenvalue weighted by Gasteiger charge is 2.09. The van der Waals surface area contributed by atoms with E-state index in [-0.39, 0.29) is 0 Å². The Hall–Kier alpha value is -2.34. The number of hydrogen-bond acceptors (Lipinski definition) is 6. The molecule has 21 heavy (non-hydrogen) atoms. The molecule has 0 radical (unpaired) electrons. The fourth-order valence-corrected chi connectivity index (χ4v) is 2.76. The topological polar surface area (TPSA) is 59.1 Å². The van der Waals surface area contributed by atoms with Gasteiger partial charge >= 0.3 is 0 Å². The van der Waals surface area contributed by atoms with Crippen molar-refractivity contribution >= 4 is 39.0 Å². The summed E-state index contributed by atoms with van der Waals surface area (Å²) in [6.07, 6.45) is 0. The van der Waals surface area contributed by atoms with Crippen LogP contribution in [0.4, 0.5) is 17.5 Å². The lowest BCUT2D eigenvalue weighted by atomic mass is 10.3. The quantitative estimate of drug-likeness (QED) is 0.749. The summed E-state index contributed by atoms with van der Waals surface area (Å²) in [5, 5.41) is 9.55. The van der Waals surface area contributed by atoms with E-state index in [0.717, 1.165) is 34.0 Å². The highest BCUT2D eigenvalue weighted by atomic mass is 32.1. The first kappa shape index (κ1) is 13.6. The van der Waals surface area contributed by atoms with Crippen LogP contribution < -0.4 is 15.4 Å². The van der Waals surface area contributed by atoms with Crippen LogP contribution in [0.3, 0.4) is 0 Å². The van der Waals surface area contributed by atoms with Crippen LogP contribution in [0, 0.1) is 0 Å². The minimum Gasteiger partial charge on any atom is -0.497 e. The van der Waals surface area contributed by atoms with E-state index in [0.29, 0.717) is 5.95 Å². The molecule has 2 heterocycles. The predicted molar refractivity (Wildman–Crippen MR) is 87.9 cm³/mol. The average Bonchev–Trinajstić information content (AvgIpc) is 2.97. The molecule has 2 aromatic heterocycles. The molecule has 3 rings (SSSR count). The Morgan fingerprint density at radius 1 is 1.14 bits per heavy atom. The third-order valence-electron chi connectivity index (χ3n) is 3.01. The lowest BCUT2D eigenvalue weighted by Crippen LogP contribution is -2.04. The Bertz CT molecular complexity index is 739.